The van der Waals surface area contributed by atoms with Gasteiger partial charge in [-0.25, -0.2) is 5.84 Å². The third-order valence-electron chi connectivity index (χ3n) is 3.89. The molecule has 0 heterocycles. The molecule has 0 saturated carbocycles. The molecule has 0 spiro atoms. The third-order valence-corrected chi connectivity index (χ3v) is 3.89. The Hall–Kier alpha value is -3.75. The van der Waals surface area contributed by atoms with Crippen molar-refractivity contribution in [3.63, 3.8) is 0 Å². The van der Waals surface area contributed by atoms with Crippen LogP contribution in [-0.4, -0.2) is 0 Å². The van der Waals surface area contributed by atoms with Gasteiger partial charge in [0, 0.05) is 11.1 Å². The normalized spacial score (nSPS) is 11.2. The summed E-state index contributed by atoms with van der Waals surface area (Å²) >= 11 is 0. The number of ether oxygens (including phenoxy) is 1. The number of hydrogen-bond donors (Lipinski definition) is 3. The minimum absolute atomic E-state index is 0.130. The molecular formula is C21H18N4O. The van der Waals surface area contributed by atoms with Gasteiger partial charge >= 0.3 is 0 Å². The van der Waals surface area contributed by atoms with Gasteiger partial charge < -0.3 is 15.9 Å². The van der Waals surface area contributed by atoms with Crippen molar-refractivity contribution in [1.82, 2.24) is 5.43 Å². The van der Waals surface area contributed by atoms with Crippen LogP contribution in [0.4, 0.5) is 0 Å². The Bertz CT molecular complexity index is 957. The third kappa shape index (κ3) is 3.66. The summed E-state index contributed by atoms with van der Waals surface area (Å²) in [4.78, 5) is 0. The van der Waals surface area contributed by atoms with E-state index in [-0.39, 0.29) is 5.70 Å². The van der Waals surface area contributed by atoms with E-state index in [0.717, 1.165) is 22.6 Å². The Morgan fingerprint density at radius 1 is 0.885 bits per heavy atom. The van der Waals surface area contributed by atoms with Gasteiger partial charge in [0.2, 0.25) is 0 Å². The number of benzene rings is 3. The molecule has 128 valence electrons. The highest BCUT2D eigenvalue weighted by Gasteiger charge is 2.09. The molecule has 0 aliphatic heterocycles. The van der Waals surface area contributed by atoms with E-state index in [4.69, 9.17) is 21.6 Å². The molecule has 3 aromatic carbocycles. The van der Waals surface area contributed by atoms with Gasteiger partial charge in [-0.05, 0) is 23.8 Å². The monoisotopic (exact) mass is 342 g/mol. The number of nitrogens with two attached hydrogens (primary N) is 2. The first-order valence-corrected chi connectivity index (χ1v) is 8.02. The smallest absolute Gasteiger partial charge is 0.151 e. The van der Waals surface area contributed by atoms with Crippen LogP contribution in [-0.2, 0) is 0 Å². The van der Waals surface area contributed by atoms with Gasteiger partial charge in [0.1, 0.15) is 17.6 Å². The number of hydrazine groups is 1. The van der Waals surface area contributed by atoms with Crippen molar-refractivity contribution in [2.45, 2.75) is 0 Å². The average Bonchev–Trinajstić information content (AvgIpc) is 2.70. The van der Waals surface area contributed by atoms with E-state index in [1.165, 1.54) is 0 Å². The second kappa shape index (κ2) is 7.88. The fourth-order valence-corrected chi connectivity index (χ4v) is 2.55. The fraction of sp³-hybridized carbons (Fsp3) is 0. The fourth-order valence-electron chi connectivity index (χ4n) is 2.55. The topological polar surface area (TPSA) is 97.1 Å². The number of para-hydroxylation sites is 2. The molecule has 3 aromatic rings. The van der Waals surface area contributed by atoms with Gasteiger partial charge in [-0.3, -0.25) is 0 Å². The summed E-state index contributed by atoms with van der Waals surface area (Å²) in [6.45, 7) is 0. The summed E-state index contributed by atoms with van der Waals surface area (Å²) in [5, 5.41) is 9.02. The number of hydrogen-bond acceptors (Lipinski definition) is 5. The van der Waals surface area contributed by atoms with E-state index in [1.807, 2.05) is 84.9 Å². The maximum Gasteiger partial charge on any atom is 0.151 e. The molecule has 5 nitrogen and oxygen atoms in total. The van der Waals surface area contributed by atoms with Crippen molar-refractivity contribution in [2.75, 3.05) is 0 Å². The van der Waals surface area contributed by atoms with Gasteiger partial charge in [0.05, 0.1) is 5.70 Å². The van der Waals surface area contributed by atoms with E-state index in [1.54, 1.807) is 0 Å². The number of nitrogens with zero attached hydrogens (tertiary/aromatic N) is 1. The molecule has 0 aliphatic rings. The van der Waals surface area contributed by atoms with E-state index in [9.17, 15) is 0 Å². The molecule has 0 amide bonds. The molecule has 0 saturated heterocycles. The summed E-state index contributed by atoms with van der Waals surface area (Å²) in [5.74, 6) is 6.84. The maximum absolute atomic E-state index is 9.02. The molecule has 5 N–H and O–H groups in total. The van der Waals surface area contributed by atoms with Gasteiger partial charge in [-0.1, -0.05) is 60.7 Å². The first kappa shape index (κ1) is 17.1. The molecule has 0 aromatic heterocycles. The van der Waals surface area contributed by atoms with E-state index in [0.29, 0.717) is 11.3 Å². The van der Waals surface area contributed by atoms with Crippen LogP contribution in [0.2, 0.25) is 0 Å². The minimum Gasteiger partial charge on any atom is -0.457 e. The van der Waals surface area contributed by atoms with E-state index >= 15 is 0 Å². The van der Waals surface area contributed by atoms with Crippen molar-refractivity contribution < 1.29 is 4.74 Å². The van der Waals surface area contributed by atoms with Crippen LogP contribution in [0.3, 0.4) is 0 Å². The van der Waals surface area contributed by atoms with Crippen LogP contribution in [0.1, 0.15) is 5.56 Å². The maximum atomic E-state index is 9.02. The van der Waals surface area contributed by atoms with Crippen LogP contribution < -0.4 is 21.7 Å². The van der Waals surface area contributed by atoms with Gasteiger partial charge in [0.25, 0.3) is 0 Å². The van der Waals surface area contributed by atoms with Gasteiger partial charge in [-0.2, -0.15) is 5.26 Å². The summed E-state index contributed by atoms with van der Waals surface area (Å²) in [5.41, 5.74) is 11.4. The number of rotatable bonds is 5. The molecular weight excluding hydrogens is 324 g/mol. The van der Waals surface area contributed by atoms with E-state index < -0.39 is 0 Å². The molecule has 26 heavy (non-hydrogen) atoms. The van der Waals surface area contributed by atoms with E-state index in [2.05, 4.69) is 5.43 Å². The van der Waals surface area contributed by atoms with Crippen LogP contribution in [0, 0.1) is 11.3 Å². The largest absolute Gasteiger partial charge is 0.457 e. The lowest BCUT2D eigenvalue weighted by Gasteiger charge is -2.12. The highest BCUT2D eigenvalue weighted by atomic mass is 16.5. The number of nitrogens with one attached hydrogen (secondary N) is 1. The first-order valence-electron chi connectivity index (χ1n) is 8.02. The van der Waals surface area contributed by atoms with Gasteiger partial charge in [-0.15, -0.1) is 0 Å². The molecule has 0 atom stereocenters. The Balaban J connectivity index is 1.93. The summed E-state index contributed by atoms with van der Waals surface area (Å²) < 4.78 is 6.01. The lowest BCUT2D eigenvalue weighted by molar-refractivity contribution is 0.484. The summed E-state index contributed by atoms with van der Waals surface area (Å²) in [6, 6.07) is 26.9. The zero-order valence-corrected chi connectivity index (χ0v) is 14.0. The lowest BCUT2D eigenvalue weighted by Crippen LogP contribution is -2.23. The minimum atomic E-state index is 0.130. The predicted molar refractivity (Wildman–Crippen MR) is 102 cm³/mol. The van der Waals surface area contributed by atoms with Crippen molar-refractivity contribution >= 4 is 5.70 Å². The second-order valence-electron chi connectivity index (χ2n) is 5.53. The molecule has 3 rings (SSSR count). The van der Waals surface area contributed by atoms with Crippen LogP contribution in [0.25, 0.3) is 16.8 Å². The molecule has 0 unspecified atom stereocenters. The Labute approximate surface area is 152 Å². The lowest BCUT2D eigenvalue weighted by atomic mass is 10.0. The van der Waals surface area contributed by atoms with Crippen LogP contribution in [0.15, 0.2) is 84.6 Å². The van der Waals surface area contributed by atoms with Crippen molar-refractivity contribution in [2.24, 2.45) is 11.6 Å². The zero-order chi connectivity index (χ0) is 18.4. The predicted octanol–water partition coefficient (Wildman–Crippen LogP) is 3.76. The van der Waals surface area contributed by atoms with Crippen molar-refractivity contribution in [1.29, 1.82) is 5.26 Å². The quantitative estimate of drug-likeness (QED) is 0.373. The molecule has 0 bridgehead atoms. The SMILES string of the molecule is N#C/C(NN)=C(/N)c1ccc(-c2ccccc2Oc2ccccc2)cc1. The Kier molecular flexibility index (Phi) is 5.18. The average molecular weight is 342 g/mol. The van der Waals surface area contributed by atoms with Crippen molar-refractivity contribution in [3.05, 3.63) is 90.1 Å². The number of allylic oxidation sites excluding steroid dienone is 1. The highest BCUT2D eigenvalue weighted by molar-refractivity contribution is 5.75. The molecule has 0 fully saturated rings. The Morgan fingerprint density at radius 2 is 1.54 bits per heavy atom. The molecule has 0 aliphatic carbocycles. The van der Waals surface area contributed by atoms with Crippen molar-refractivity contribution in [3.8, 4) is 28.7 Å². The van der Waals surface area contributed by atoms with Gasteiger partial charge in [0.15, 0.2) is 5.70 Å². The zero-order valence-electron chi connectivity index (χ0n) is 14.0. The van der Waals surface area contributed by atoms with Crippen LogP contribution >= 0.6 is 0 Å². The Morgan fingerprint density at radius 3 is 2.19 bits per heavy atom. The molecule has 5 heteroatoms. The second-order valence-corrected chi connectivity index (χ2v) is 5.53. The molecule has 0 radical (unpaired) electrons. The van der Waals surface area contributed by atoms with Crippen LogP contribution in [0.5, 0.6) is 11.5 Å². The highest BCUT2D eigenvalue weighted by Crippen LogP contribution is 2.33. The summed E-state index contributed by atoms with van der Waals surface area (Å²) in [6.07, 6.45) is 0. The standard InChI is InChI=1S/C21H18N4O/c22-14-19(25-24)21(23)16-12-10-15(11-13-16)18-8-4-5-9-20(18)26-17-6-2-1-3-7-17/h1-13,25H,23-24H2/b21-19-. The summed E-state index contributed by atoms with van der Waals surface area (Å²) in [7, 11) is 0. The first-order chi connectivity index (χ1) is 12.7. The number of nitriles is 1.